The first-order valence-corrected chi connectivity index (χ1v) is 6.43. The Morgan fingerprint density at radius 1 is 1.33 bits per heavy atom. The monoisotopic (exact) mass is 252 g/mol. The van der Waals surface area contributed by atoms with Crippen LogP contribution < -0.4 is 0 Å². The van der Waals surface area contributed by atoms with Gasteiger partial charge in [0.15, 0.2) is 0 Å². The molecule has 1 fully saturated rings. The highest BCUT2D eigenvalue weighted by molar-refractivity contribution is 5.78. The van der Waals surface area contributed by atoms with Crippen molar-refractivity contribution in [3.05, 3.63) is 25.3 Å². The fourth-order valence-corrected chi connectivity index (χ4v) is 2.07. The predicted octanol–water partition coefficient (Wildman–Crippen LogP) is 1.03. The van der Waals surface area contributed by atoms with Gasteiger partial charge in [-0.1, -0.05) is 12.2 Å². The number of amides is 1. The van der Waals surface area contributed by atoms with Crippen molar-refractivity contribution in [2.24, 2.45) is 0 Å². The number of rotatable bonds is 6. The lowest BCUT2D eigenvalue weighted by molar-refractivity contribution is -0.132. The maximum Gasteiger partial charge on any atom is 0.237 e. The minimum absolute atomic E-state index is 0.0938. The molecule has 1 heterocycles. The molecule has 1 aliphatic heterocycles. The molecule has 18 heavy (non-hydrogen) atoms. The van der Waals surface area contributed by atoms with Gasteiger partial charge in [0.2, 0.25) is 5.91 Å². The Balaban J connectivity index is 2.43. The van der Waals surface area contributed by atoms with Gasteiger partial charge < -0.3 is 10.0 Å². The van der Waals surface area contributed by atoms with Gasteiger partial charge in [0, 0.05) is 26.2 Å². The maximum atomic E-state index is 12.1. The summed E-state index contributed by atoms with van der Waals surface area (Å²) >= 11 is 0. The zero-order chi connectivity index (χ0) is 13.6. The van der Waals surface area contributed by atoms with Crippen LogP contribution in [0.25, 0.3) is 0 Å². The van der Waals surface area contributed by atoms with Gasteiger partial charge in [-0.25, -0.2) is 0 Å². The van der Waals surface area contributed by atoms with E-state index in [-0.39, 0.29) is 5.91 Å². The summed E-state index contributed by atoms with van der Waals surface area (Å²) < 4.78 is 0. The van der Waals surface area contributed by atoms with Gasteiger partial charge in [0.1, 0.15) is 0 Å². The zero-order valence-electron chi connectivity index (χ0n) is 11.3. The van der Waals surface area contributed by atoms with Crippen LogP contribution in [-0.4, -0.2) is 59.1 Å². The van der Waals surface area contributed by atoms with E-state index in [1.54, 1.807) is 17.1 Å². The summed E-state index contributed by atoms with van der Waals surface area (Å²) in [7, 11) is 0. The SMILES string of the molecule is C=CCN(CC=C)C(=O)CN1CCC(C)(O)CC1. The Hall–Kier alpha value is -1.13. The summed E-state index contributed by atoms with van der Waals surface area (Å²) in [6.07, 6.45) is 4.90. The Labute approximate surface area is 110 Å². The Bertz CT molecular complexity index is 293. The van der Waals surface area contributed by atoms with E-state index in [0.717, 1.165) is 25.9 Å². The Morgan fingerprint density at radius 3 is 2.28 bits per heavy atom. The number of carbonyl (C=O) groups excluding carboxylic acids is 1. The van der Waals surface area contributed by atoms with Crippen LogP contribution in [0.15, 0.2) is 25.3 Å². The standard InChI is InChI=1S/C14H24N2O2/c1-4-8-16(9-5-2)13(17)12-15-10-6-14(3,18)7-11-15/h4-5,18H,1-2,6-12H2,3H3. The minimum Gasteiger partial charge on any atom is -0.390 e. The molecule has 0 aromatic rings. The number of carbonyl (C=O) groups is 1. The van der Waals surface area contributed by atoms with E-state index in [4.69, 9.17) is 0 Å². The summed E-state index contributed by atoms with van der Waals surface area (Å²) in [5, 5.41) is 9.86. The highest BCUT2D eigenvalue weighted by Gasteiger charge is 2.28. The number of piperidine rings is 1. The molecule has 4 heteroatoms. The number of hydrogen-bond acceptors (Lipinski definition) is 3. The second kappa shape index (κ2) is 6.71. The third-order valence-electron chi connectivity index (χ3n) is 3.34. The normalized spacial score (nSPS) is 19.2. The maximum absolute atomic E-state index is 12.1. The van der Waals surface area contributed by atoms with Crippen molar-refractivity contribution < 1.29 is 9.90 Å². The zero-order valence-corrected chi connectivity index (χ0v) is 11.3. The Kier molecular flexibility index (Phi) is 5.56. The molecule has 0 unspecified atom stereocenters. The van der Waals surface area contributed by atoms with Gasteiger partial charge in [-0.05, 0) is 19.8 Å². The molecule has 0 aromatic carbocycles. The van der Waals surface area contributed by atoms with Crippen molar-refractivity contribution in [3.8, 4) is 0 Å². The molecule has 0 radical (unpaired) electrons. The van der Waals surface area contributed by atoms with E-state index in [1.807, 2.05) is 6.92 Å². The molecule has 0 aromatic heterocycles. The molecular weight excluding hydrogens is 228 g/mol. The minimum atomic E-state index is -0.568. The predicted molar refractivity (Wildman–Crippen MR) is 73.3 cm³/mol. The summed E-state index contributed by atoms with van der Waals surface area (Å²) in [5.74, 6) is 0.0938. The van der Waals surface area contributed by atoms with E-state index in [1.165, 1.54) is 0 Å². The van der Waals surface area contributed by atoms with Crippen LogP contribution in [0.3, 0.4) is 0 Å². The molecule has 0 spiro atoms. The van der Waals surface area contributed by atoms with E-state index in [2.05, 4.69) is 18.1 Å². The summed E-state index contributed by atoms with van der Waals surface area (Å²) in [4.78, 5) is 15.9. The van der Waals surface area contributed by atoms with Crippen molar-refractivity contribution in [3.63, 3.8) is 0 Å². The molecule has 4 nitrogen and oxygen atoms in total. The van der Waals surface area contributed by atoms with Crippen molar-refractivity contribution in [1.82, 2.24) is 9.80 Å². The lowest BCUT2D eigenvalue weighted by Gasteiger charge is -2.36. The first-order valence-electron chi connectivity index (χ1n) is 6.43. The van der Waals surface area contributed by atoms with Gasteiger partial charge >= 0.3 is 0 Å². The quantitative estimate of drug-likeness (QED) is 0.718. The molecule has 1 saturated heterocycles. The van der Waals surface area contributed by atoms with Gasteiger partial charge in [0.25, 0.3) is 0 Å². The van der Waals surface area contributed by atoms with E-state index in [0.29, 0.717) is 19.6 Å². The molecule has 1 amide bonds. The van der Waals surface area contributed by atoms with E-state index in [9.17, 15) is 9.90 Å². The van der Waals surface area contributed by atoms with Crippen LogP contribution in [0.1, 0.15) is 19.8 Å². The van der Waals surface area contributed by atoms with Crippen molar-refractivity contribution in [2.45, 2.75) is 25.4 Å². The first kappa shape index (κ1) is 14.9. The number of nitrogens with zero attached hydrogens (tertiary/aromatic N) is 2. The summed E-state index contributed by atoms with van der Waals surface area (Å²) in [6, 6.07) is 0. The Morgan fingerprint density at radius 2 is 1.83 bits per heavy atom. The fourth-order valence-electron chi connectivity index (χ4n) is 2.07. The largest absolute Gasteiger partial charge is 0.390 e. The summed E-state index contributed by atoms with van der Waals surface area (Å²) in [6.45, 7) is 12.2. The number of hydrogen-bond donors (Lipinski definition) is 1. The van der Waals surface area contributed by atoms with Crippen LogP contribution >= 0.6 is 0 Å². The van der Waals surface area contributed by atoms with Crippen LogP contribution in [0.2, 0.25) is 0 Å². The van der Waals surface area contributed by atoms with Crippen molar-refractivity contribution in [1.29, 1.82) is 0 Å². The molecule has 0 aliphatic carbocycles. The lowest BCUT2D eigenvalue weighted by Crippen LogP contribution is -2.47. The highest BCUT2D eigenvalue weighted by atomic mass is 16.3. The number of aliphatic hydroxyl groups is 1. The van der Waals surface area contributed by atoms with E-state index < -0.39 is 5.60 Å². The third kappa shape index (κ3) is 4.63. The van der Waals surface area contributed by atoms with E-state index >= 15 is 0 Å². The van der Waals surface area contributed by atoms with Crippen LogP contribution in [0, 0.1) is 0 Å². The molecule has 102 valence electrons. The molecule has 1 N–H and O–H groups in total. The topological polar surface area (TPSA) is 43.8 Å². The van der Waals surface area contributed by atoms with Crippen molar-refractivity contribution in [2.75, 3.05) is 32.7 Å². The number of likely N-dealkylation sites (tertiary alicyclic amines) is 1. The molecule has 0 atom stereocenters. The van der Waals surface area contributed by atoms with Gasteiger partial charge in [-0.2, -0.15) is 0 Å². The lowest BCUT2D eigenvalue weighted by atomic mass is 9.94. The third-order valence-corrected chi connectivity index (χ3v) is 3.34. The molecular formula is C14H24N2O2. The van der Waals surface area contributed by atoms with Crippen LogP contribution in [0.5, 0.6) is 0 Å². The molecule has 1 aliphatic rings. The molecule has 0 bridgehead atoms. The smallest absolute Gasteiger partial charge is 0.237 e. The van der Waals surface area contributed by atoms with Gasteiger partial charge in [0.05, 0.1) is 12.1 Å². The average molecular weight is 252 g/mol. The van der Waals surface area contributed by atoms with Crippen molar-refractivity contribution >= 4 is 5.91 Å². The van der Waals surface area contributed by atoms with Crippen LogP contribution in [-0.2, 0) is 4.79 Å². The summed E-state index contributed by atoms with van der Waals surface area (Å²) in [5.41, 5.74) is -0.568. The molecule has 0 saturated carbocycles. The highest BCUT2D eigenvalue weighted by Crippen LogP contribution is 2.20. The average Bonchev–Trinajstić information content (AvgIpc) is 2.31. The van der Waals surface area contributed by atoms with Crippen LogP contribution in [0.4, 0.5) is 0 Å². The second-order valence-electron chi connectivity index (χ2n) is 5.15. The second-order valence-corrected chi connectivity index (χ2v) is 5.15. The molecule has 1 rings (SSSR count). The van der Waals surface area contributed by atoms with Gasteiger partial charge in [-0.3, -0.25) is 9.69 Å². The fraction of sp³-hybridized carbons (Fsp3) is 0.643. The first-order chi connectivity index (χ1) is 8.48. The van der Waals surface area contributed by atoms with Gasteiger partial charge in [-0.15, -0.1) is 13.2 Å².